The first-order valence-electron chi connectivity index (χ1n) is 8.70. The first-order valence-corrected chi connectivity index (χ1v) is 9.69. The minimum Gasteiger partial charge on any atom is -0.486 e. The van der Waals surface area contributed by atoms with Gasteiger partial charge in [0.25, 0.3) is 0 Å². The summed E-state index contributed by atoms with van der Waals surface area (Å²) in [5, 5.41) is 11.9. The lowest BCUT2D eigenvalue weighted by Crippen LogP contribution is -2.32. The standard InChI is InChI=1S/C18H24N4O3S/c1-13-5-7-14(8-6-13)25-11-16-20-21-18(22(16)2)26-12-17(23)19-10-15-4-3-9-24-15/h5-8,15H,3-4,9-12H2,1-2H3,(H,19,23). The van der Waals surface area contributed by atoms with E-state index < -0.39 is 0 Å². The van der Waals surface area contributed by atoms with Gasteiger partial charge in [-0.25, -0.2) is 0 Å². The molecule has 8 heteroatoms. The fourth-order valence-corrected chi connectivity index (χ4v) is 3.35. The second-order valence-corrected chi connectivity index (χ2v) is 7.23. The predicted octanol–water partition coefficient (Wildman–Crippen LogP) is 2.09. The molecule has 0 spiro atoms. The monoisotopic (exact) mass is 376 g/mol. The maximum absolute atomic E-state index is 12.0. The number of benzene rings is 1. The van der Waals surface area contributed by atoms with Crippen LogP contribution in [0.1, 0.15) is 24.2 Å². The van der Waals surface area contributed by atoms with E-state index in [2.05, 4.69) is 15.5 Å². The average Bonchev–Trinajstić information content (AvgIpc) is 3.28. The Morgan fingerprint density at radius 3 is 2.92 bits per heavy atom. The second-order valence-electron chi connectivity index (χ2n) is 6.29. The SMILES string of the molecule is Cc1ccc(OCc2nnc(SCC(=O)NCC3CCCO3)n2C)cc1. The molecule has 0 aliphatic carbocycles. The molecule has 1 atom stereocenters. The zero-order valence-corrected chi connectivity index (χ0v) is 15.9. The first-order chi connectivity index (χ1) is 12.6. The van der Waals surface area contributed by atoms with Gasteiger partial charge in [-0.1, -0.05) is 29.5 Å². The molecule has 1 aliphatic heterocycles. The van der Waals surface area contributed by atoms with Gasteiger partial charge in [-0.05, 0) is 31.9 Å². The summed E-state index contributed by atoms with van der Waals surface area (Å²) < 4.78 is 13.1. The second kappa shape index (κ2) is 9.05. The molecule has 3 rings (SSSR count). The smallest absolute Gasteiger partial charge is 0.230 e. The molecule has 1 saturated heterocycles. The number of nitrogens with one attached hydrogen (secondary N) is 1. The molecule has 0 bridgehead atoms. The van der Waals surface area contributed by atoms with E-state index in [1.165, 1.54) is 17.3 Å². The van der Waals surface area contributed by atoms with Crippen molar-refractivity contribution in [2.75, 3.05) is 18.9 Å². The largest absolute Gasteiger partial charge is 0.486 e. The zero-order chi connectivity index (χ0) is 18.4. The third kappa shape index (κ3) is 5.22. The number of amides is 1. The Morgan fingerprint density at radius 1 is 1.38 bits per heavy atom. The van der Waals surface area contributed by atoms with E-state index >= 15 is 0 Å². The van der Waals surface area contributed by atoms with Crippen molar-refractivity contribution in [3.63, 3.8) is 0 Å². The molecule has 1 unspecified atom stereocenters. The molecule has 140 valence electrons. The number of carbonyl (C=O) groups is 1. The summed E-state index contributed by atoms with van der Waals surface area (Å²) in [7, 11) is 1.88. The first kappa shape index (κ1) is 18.7. The van der Waals surface area contributed by atoms with Crippen LogP contribution in [0.5, 0.6) is 5.75 Å². The van der Waals surface area contributed by atoms with Gasteiger partial charge in [0.05, 0.1) is 11.9 Å². The van der Waals surface area contributed by atoms with Gasteiger partial charge in [0.1, 0.15) is 12.4 Å². The lowest BCUT2D eigenvalue weighted by atomic mass is 10.2. The maximum Gasteiger partial charge on any atom is 0.230 e. The van der Waals surface area contributed by atoms with Gasteiger partial charge < -0.3 is 19.4 Å². The number of rotatable bonds is 8. The molecule has 26 heavy (non-hydrogen) atoms. The van der Waals surface area contributed by atoms with Crippen molar-refractivity contribution in [2.24, 2.45) is 7.05 Å². The van der Waals surface area contributed by atoms with Crippen molar-refractivity contribution < 1.29 is 14.3 Å². The molecule has 1 aromatic carbocycles. The van der Waals surface area contributed by atoms with E-state index in [0.29, 0.717) is 29.9 Å². The summed E-state index contributed by atoms with van der Waals surface area (Å²) in [5.41, 5.74) is 1.19. The number of thioether (sulfide) groups is 1. The highest BCUT2D eigenvalue weighted by Crippen LogP contribution is 2.18. The summed E-state index contributed by atoms with van der Waals surface area (Å²) in [4.78, 5) is 12.0. The number of ether oxygens (including phenoxy) is 2. The molecule has 1 aliphatic rings. The van der Waals surface area contributed by atoms with Gasteiger partial charge in [-0.3, -0.25) is 4.79 Å². The van der Waals surface area contributed by atoms with E-state index in [1.807, 2.05) is 42.8 Å². The average molecular weight is 376 g/mol. The highest BCUT2D eigenvalue weighted by Gasteiger charge is 2.17. The molecule has 1 aromatic heterocycles. The molecule has 1 N–H and O–H groups in total. The van der Waals surface area contributed by atoms with Crippen molar-refractivity contribution in [1.29, 1.82) is 0 Å². The van der Waals surface area contributed by atoms with E-state index in [1.54, 1.807) is 0 Å². The zero-order valence-electron chi connectivity index (χ0n) is 15.1. The molecule has 7 nitrogen and oxygen atoms in total. The van der Waals surface area contributed by atoms with Crippen molar-refractivity contribution in [2.45, 2.75) is 37.6 Å². The van der Waals surface area contributed by atoms with Gasteiger partial charge in [0.2, 0.25) is 5.91 Å². The van der Waals surface area contributed by atoms with Crippen molar-refractivity contribution in [3.8, 4) is 5.75 Å². The van der Waals surface area contributed by atoms with Crippen LogP contribution in [0.2, 0.25) is 0 Å². The lowest BCUT2D eigenvalue weighted by molar-refractivity contribution is -0.119. The van der Waals surface area contributed by atoms with Crippen LogP contribution in [-0.2, 0) is 23.2 Å². The Balaban J connectivity index is 1.44. The summed E-state index contributed by atoms with van der Waals surface area (Å²) in [6, 6.07) is 7.87. The fraction of sp³-hybridized carbons (Fsp3) is 0.500. The molecule has 2 aromatic rings. The summed E-state index contributed by atoms with van der Waals surface area (Å²) >= 11 is 1.36. The quantitative estimate of drug-likeness (QED) is 0.711. The van der Waals surface area contributed by atoms with Crippen molar-refractivity contribution in [3.05, 3.63) is 35.7 Å². The maximum atomic E-state index is 12.0. The Kier molecular flexibility index (Phi) is 6.51. The summed E-state index contributed by atoms with van der Waals surface area (Å²) in [6.45, 7) is 3.74. The van der Waals surface area contributed by atoms with E-state index in [-0.39, 0.29) is 12.0 Å². The predicted molar refractivity (Wildman–Crippen MR) is 99.2 cm³/mol. The van der Waals surface area contributed by atoms with Gasteiger partial charge in [0.15, 0.2) is 11.0 Å². The number of aryl methyl sites for hydroxylation is 1. The van der Waals surface area contributed by atoms with Crippen LogP contribution in [0, 0.1) is 6.92 Å². The van der Waals surface area contributed by atoms with Crippen molar-refractivity contribution in [1.82, 2.24) is 20.1 Å². The Morgan fingerprint density at radius 2 is 2.19 bits per heavy atom. The molecular weight excluding hydrogens is 352 g/mol. The molecule has 1 amide bonds. The van der Waals surface area contributed by atoms with Crippen molar-refractivity contribution >= 4 is 17.7 Å². The number of hydrogen-bond donors (Lipinski definition) is 1. The van der Waals surface area contributed by atoms with E-state index in [9.17, 15) is 4.79 Å². The molecule has 2 heterocycles. The number of aromatic nitrogens is 3. The van der Waals surface area contributed by atoms with E-state index in [4.69, 9.17) is 9.47 Å². The minimum atomic E-state index is -0.0223. The van der Waals surface area contributed by atoms with Gasteiger partial charge >= 0.3 is 0 Å². The minimum absolute atomic E-state index is 0.0223. The number of nitrogens with zero attached hydrogens (tertiary/aromatic N) is 3. The Bertz CT molecular complexity index is 727. The normalized spacial score (nSPS) is 16.6. The Labute approximate surface area is 157 Å². The summed E-state index contributed by atoms with van der Waals surface area (Å²) in [5.74, 6) is 1.79. The molecule has 0 saturated carbocycles. The molecular formula is C18H24N4O3S. The van der Waals surface area contributed by atoms with Crippen LogP contribution in [0.4, 0.5) is 0 Å². The highest BCUT2D eigenvalue weighted by atomic mass is 32.2. The number of carbonyl (C=O) groups excluding carboxylic acids is 1. The van der Waals surface area contributed by atoms with Crippen LogP contribution in [0.25, 0.3) is 0 Å². The van der Waals surface area contributed by atoms with Gasteiger partial charge in [-0.2, -0.15) is 0 Å². The third-order valence-electron chi connectivity index (χ3n) is 4.20. The lowest BCUT2D eigenvalue weighted by Gasteiger charge is -2.10. The highest BCUT2D eigenvalue weighted by molar-refractivity contribution is 7.99. The van der Waals surface area contributed by atoms with Crippen LogP contribution >= 0.6 is 11.8 Å². The van der Waals surface area contributed by atoms with Gasteiger partial charge in [0, 0.05) is 20.2 Å². The third-order valence-corrected chi connectivity index (χ3v) is 5.22. The fourth-order valence-electron chi connectivity index (χ4n) is 2.59. The molecule has 1 fully saturated rings. The number of hydrogen-bond acceptors (Lipinski definition) is 6. The van der Waals surface area contributed by atoms with E-state index in [0.717, 1.165) is 25.2 Å². The molecule has 0 radical (unpaired) electrons. The van der Waals surface area contributed by atoms with Crippen LogP contribution < -0.4 is 10.1 Å². The van der Waals surface area contributed by atoms with Gasteiger partial charge in [-0.15, -0.1) is 10.2 Å². The van der Waals surface area contributed by atoms with Crippen LogP contribution in [-0.4, -0.2) is 45.7 Å². The van der Waals surface area contributed by atoms with Crippen LogP contribution in [0.3, 0.4) is 0 Å². The topological polar surface area (TPSA) is 78.3 Å². The summed E-state index contributed by atoms with van der Waals surface area (Å²) in [6.07, 6.45) is 2.24. The van der Waals surface area contributed by atoms with Crippen LogP contribution in [0.15, 0.2) is 29.4 Å². The Hall–Kier alpha value is -2.06.